The number of ether oxygens (including phenoxy) is 1. The van der Waals surface area contributed by atoms with Crippen LogP contribution in [0.3, 0.4) is 0 Å². The molecule has 9 heteroatoms. The van der Waals surface area contributed by atoms with Gasteiger partial charge in [0.05, 0.1) is 18.0 Å². The highest BCUT2D eigenvalue weighted by molar-refractivity contribution is 6.51. The number of alkyl halides is 3. The van der Waals surface area contributed by atoms with E-state index in [0.29, 0.717) is 25.2 Å². The molecule has 1 aromatic carbocycles. The Morgan fingerprint density at radius 3 is 2.65 bits per heavy atom. The molecular formula is C22H30BF3N3O2. The number of aliphatic hydroxyl groups is 1. The summed E-state index contributed by atoms with van der Waals surface area (Å²) in [7, 11) is 3.67. The molecule has 0 aromatic heterocycles. The Balaban J connectivity index is 2.23. The first-order valence-electron chi connectivity index (χ1n) is 10.2. The fourth-order valence-corrected chi connectivity index (χ4v) is 3.28. The quantitative estimate of drug-likeness (QED) is 0.366. The predicted molar refractivity (Wildman–Crippen MR) is 117 cm³/mol. The zero-order chi connectivity index (χ0) is 22.9. The lowest BCUT2D eigenvalue weighted by Gasteiger charge is -2.32. The monoisotopic (exact) mass is 436 g/mol. The van der Waals surface area contributed by atoms with Crippen molar-refractivity contribution < 1.29 is 23.0 Å². The van der Waals surface area contributed by atoms with Gasteiger partial charge < -0.3 is 25.0 Å². The van der Waals surface area contributed by atoms with Gasteiger partial charge in [-0.15, -0.1) is 12.6 Å². The summed E-state index contributed by atoms with van der Waals surface area (Å²) < 4.78 is 43.3. The van der Waals surface area contributed by atoms with Crippen LogP contribution in [0.15, 0.2) is 66.5 Å². The average Bonchev–Trinajstić information content (AvgIpc) is 3.06. The molecule has 2 rings (SSSR count). The zero-order valence-electron chi connectivity index (χ0n) is 17.9. The summed E-state index contributed by atoms with van der Waals surface area (Å²) in [6, 6.07) is 9.74. The topological polar surface area (TPSA) is 48.0 Å². The predicted octanol–water partition coefficient (Wildman–Crippen LogP) is 3.58. The molecule has 5 nitrogen and oxygen atoms in total. The third-order valence-corrected chi connectivity index (χ3v) is 4.85. The molecule has 0 spiro atoms. The summed E-state index contributed by atoms with van der Waals surface area (Å²) in [5.41, 5.74) is 3.25. The number of nitrogens with zero attached hydrogens (tertiary/aromatic N) is 2. The molecule has 0 saturated carbocycles. The third-order valence-electron chi connectivity index (χ3n) is 4.85. The maximum atomic E-state index is 12.5. The van der Waals surface area contributed by atoms with E-state index in [1.54, 1.807) is 13.3 Å². The summed E-state index contributed by atoms with van der Waals surface area (Å²) in [6.07, 6.45) is -5.26. The largest absolute Gasteiger partial charge is 0.396 e. The van der Waals surface area contributed by atoms with Crippen molar-refractivity contribution in [3.8, 4) is 0 Å². The van der Waals surface area contributed by atoms with E-state index in [2.05, 4.69) is 18.5 Å². The van der Waals surface area contributed by atoms with E-state index < -0.39 is 18.9 Å². The number of halogens is 3. The molecule has 1 atom stereocenters. The van der Waals surface area contributed by atoms with Crippen LogP contribution < -0.4 is 5.32 Å². The standard InChI is InChI=1S/C22H30BF3N3O2/c1-4-23-20-19(17(2)28(3)13-9-14-30)29(16-18-10-6-5-7-11-18)21(27-20)31-15-8-12-22(24,25)26/h4-7,10-11,21,27,30H,1-2,8-9,12-16H2,3H3. The fourth-order valence-electron chi connectivity index (χ4n) is 3.28. The summed E-state index contributed by atoms with van der Waals surface area (Å²) in [5, 5.41) is 12.4. The van der Waals surface area contributed by atoms with Crippen LogP contribution in [0, 0.1) is 0 Å². The van der Waals surface area contributed by atoms with E-state index in [4.69, 9.17) is 9.84 Å². The van der Waals surface area contributed by atoms with Gasteiger partial charge >= 0.3 is 6.18 Å². The number of aliphatic hydroxyl groups excluding tert-OH is 1. The van der Waals surface area contributed by atoms with Crippen LogP contribution >= 0.6 is 0 Å². The van der Waals surface area contributed by atoms with Gasteiger partial charge in [-0.2, -0.15) is 13.2 Å². The van der Waals surface area contributed by atoms with Gasteiger partial charge in [-0.1, -0.05) is 36.9 Å². The highest BCUT2D eigenvalue weighted by Crippen LogP contribution is 2.30. The summed E-state index contributed by atoms with van der Waals surface area (Å²) in [6.45, 7) is 9.10. The van der Waals surface area contributed by atoms with Gasteiger partial charge in [-0.05, 0) is 18.4 Å². The van der Waals surface area contributed by atoms with E-state index >= 15 is 0 Å². The molecular weight excluding hydrogens is 406 g/mol. The molecule has 1 unspecified atom stereocenters. The number of hydrogen-bond donors (Lipinski definition) is 2. The van der Waals surface area contributed by atoms with Crippen molar-refractivity contribution in [3.05, 3.63) is 72.0 Å². The number of likely N-dealkylation sites (N-methyl/N-ethyl adjacent to an activating group) is 1. The molecule has 0 amide bonds. The van der Waals surface area contributed by atoms with Crippen molar-refractivity contribution in [2.45, 2.75) is 38.3 Å². The van der Waals surface area contributed by atoms with Gasteiger partial charge in [0.15, 0.2) is 0 Å². The van der Waals surface area contributed by atoms with E-state index in [1.165, 1.54) is 0 Å². The second-order valence-electron chi connectivity index (χ2n) is 7.31. The molecule has 1 aliphatic heterocycles. The van der Waals surface area contributed by atoms with E-state index in [1.807, 2.05) is 47.2 Å². The molecule has 0 bridgehead atoms. The van der Waals surface area contributed by atoms with Crippen LogP contribution in [0.4, 0.5) is 13.2 Å². The Kier molecular flexibility index (Phi) is 9.52. The molecule has 31 heavy (non-hydrogen) atoms. The number of hydrogen-bond acceptors (Lipinski definition) is 5. The van der Waals surface area contributed by atoms with E-state index in [0.717, 1.165) is 16.9 Å². The minimum absolute atomic E-state index is 0.0378. The molecule has 169 valence electrons. The van der Waals surface area contributed by atoms with Gasteiger partial charge in [-0.25, -0.2) is 0 Å². The molecule has 1 radical (unpaired) electrons. The Labute approximate surface area is 183 Å². The molecule has 1 aliphatic rings. The first-order chi connectivity index (χ1) is 14.8. The Morgan fingerprint density at radius 2 is 2.03 bits per heavy atom. The van der Waals surface area contributed by atoms with Crippen LogP contribution in [-0.2, 0) is 11.3 Å². The Hall–Kier alpha value is -2.39. The van der Waals surface area contributed by atoms with Gasteiger partial charge in [0.25, 0.3) is 0 Å². The molecule has 1 aromatic rings. The van der Waals surface area contributed by atoms with Gasteiger partial charge in [0.1, 0.15) is 0 Å². The van der Waals surface area contributed by atoms with Crippen molar-refractivity contribution >= 4 is 7.28 Å². The smallest absolute Gasteiger partial charge is 0.389 e. The summed E-state index contributed by atoms with van der Waals surface area (Å²) >= 11 is 0. The molecule has 0 saturated heterocycles. The van der Waals surface area contributed by atoms with Gasteiger partial charge in [-0.3, -0.25) is 0 Å². The Bertz CT molecular complexity index is 756. The normalized spacial score (nSPS) is 16.3. The van der Waals surface area contributed by atoms with Crippen LogP contribution in [-0.4, -0.2) is 61.5 Å². The second-order valence-corrected chi connectivity index (χ2v) is 7.31. The highest BCUT2D eigenvalue weighted by atomic mass is 19.4. The molecule has 2 N–H and O–H groups in total. The molecule has 0 aliphatic carbocycles. The van der Waals surface area contributed by atoms with Crippen molar-refractivity contribution in [3.63, 3.8) is 0 Å². The lowest BCUT2D eigenvalue weighted by molar-refractivity contribution is -0.141. The first kappa shape index (κ1) is 24.9. The van der Waals surface area contributed by atoms with Crippen LogP contribution in [0.25, 0.3) is 0 Å². The molecule has 0 fully saturated rings. The minimum atomic E-state index is -4.20. The number of benzene rings is 1. The van der Waals surface area contributed by atoms with Crippen molar-refractivity contribution in [1.29, 1.82) is 0 Å². The summed E-state index contributed by atoms with van der Waals surface area (Å²) in [4.78, 5) is 3.89. The van der Waals surface area contributed by atoms with E-state index in [9.17, 15) is 13.2 Å². The van der Waals surface area contributed by atoms with Gasteiger partial charge in [0, 0.05) is 38.8 Å². The second kappa shape index (κ2) is 11.9. The number of rotatable bonds is 13. The Morgan fingerprint density at radius 1 is 1.32 bits per heavy atom. The van der Waals surface area contributed by atoms with Crippen molar-refractivity contribution in [2.75, 3.05) is 26.8 Å². The number of nitrogens with one attached hydrogen (secondary N) is 1. The van der Waals surface area contributed by atoms with Crippen LogP contribution in [0.2, 0.25) is 0 Å². The summed E-state index contributed by atoms with van der Waals surface area (Å²) in [5.74, 6) is 1.63. The van der Waals surface area contributed by atoms with Crippen molar-refractivity contribution in [2.24, 2.45) is 0 Å². The van der Waals surface area contributed by atoms with Gasteiger partial charge in [0.2, 0.25) is 13.6 Å². The SMILES string of the molecule is C=C[B]C1=C(C(=C)N(C)CCCO)N(Cc2ccccc2)C(OCCCC(F)(F)F)N1. The highest BCUT2D eigenvalue weighted by Gasteiger charge is 2.34. The fraction of sp³-hybridized carbons (Fsp3) is 0.455. The first-order valence-corrected chi connectivity index (χ1v) is 10.2. The minimum Gasteiger partial charge on any atom is -0.396 e. The van der Waals surface area contributed by atoms with Crippen LogP contribution in [0.1, 0.15) is 24.8 Å². The average molecular weight is 436 g/mol. The maximum Gasteiger partial charge on any atom is 0.389 e. The maximum absolute atomic E-state index is 12.5. The van der Waals surface area contributed by atoms with Crippen molar-refractivity contribution in [1.82, 2.24) is 15.1 Å². The van der Waals surface area contributed by atoms with E-state index in [-0.39, 0.29) is 19.6 Å². The zero-order valence-corrected chi connectivity index (χ0v) is 17.9. The lowest BCUT2D eigenvalue weighted by Crippen LogP contribution is -2.41. The molecule has 1 heterocycles. The third kappa shape index (κ3) is 7.67. The van der Waals surface area contributed by atoms with Crippen LogP contribution in [0.5, 0.6) is 0 Å². The lowest BCUT2D eigenvalue weighted by atomic mass is 9.73.